The molecule has 1 aromatic carbocycles. The van der Waals surface area contributed by atoms with Gasteiger partial charge in [-0.25, -0.2) is 4.79 Å². The van der Waals surface area contributed by atoms with Crippen LogP contribution in [0.1, 0.15) is 27.9 Å². The predicted octanol–water partition coefficient (Wildman–Crippen LogP) is 1.54. The lowest BCUT2D eigenvalue weighted by Gasteiger charge is -2.17. The van der Waals surface area contributed by atoms with Crippen LogP contribution in [0.25, 0.3) is 0 Å². The van der Waals surface area contributed by atoms with Gasteiger partial charge in [-0.1, -0.05) is 6.07 Å². The van der Waals surface area contributed by atoms with Crippen molar-refractivity contribution >= 4 is 5.97 Å². The third-order valence-electron chi connectivity index (χ3n) is 3.43. The maximum Gasteiger partial charge on any atom is 0.338 e. The van der Waals surface area contributed by atoms with E-state index in [1.807, 2.05) is 18.2 Å². The molecule has 0 aromatic heterocycles. The number of rotatable bonds is 8. The van der Waals surface area contributed by atoms with E-state index in [-0.39, 0.29) is 12.6 Å². The molecular weight excluding hydrogens is 270 g/mol. The molecule has 0 aliphatic carbocycles. The molecule has 0 bridgehead atoms. The maximum absolute atomic E-state index is 11.9. The molecule has 1 aromatic rings. The Balaban J connectivity index is 1.71. The summed E-state index contributed by atoms with van der Waals surface area (Å²) in [7, 11) is 1.66. The van der Waals surface area contributed by atoms with E-state index >= 15 is 0 Å². The molecule has 0 unspecified atom stereocenters. The van der Waals surface area contributed by atoms with Crippen LogP contribution in [0.4, 0.5) is 0 Å². The second-order valence-electron chi connectivity index (χ2n) is 5.00. The summed E-state index contributed by atoms with van der Waals surface area (Å²) < 4.78 is 15.5. The molecule has 0 saturated heterocycles. The minimum absolute atomic E-state index is 0.279. The largest absolute Gasteiger partial charge is 0.460 e. The molecule has 0 radical (unpaired) electrons. The molecule has 1 N–H and O–H groups in total. The first-order valence-corrected chi connectivity index (χ1v) is 7.37. The number of hydrogen-bond donors (Lipinski definition) is 1. The fraction of sp³-hybridized carbons (Fsp3) is 0.562. The highest BCUT2D eigenvalue weighted by Crippen LogP contribution is 2.16. The van der Waals surface area contributed by atoms with Gasteiger partial charge in [0.05, 0.1) is 12.2 Å². The number of methoxy groups -OCH3 is 1. The Morgan fingerprint density at radius 3 is 2.95 bits per heavy atom. The molecule has 1 aliphatic heterocycles. The SMILES string of the molecule is COCCCOCCOC(=O)c1ccc2c(c1)CNCC2. The fourth-order valence-corrected chi connectivity index (χ4v) is 2.29. The smallest absolute Gasteiger partial charge is 0.338 e. The third-order valence-corrected chi connectivity index (χ3v) is 3.43. The summed E-state index contributed by atoms with van der Waals surface area (Å²) in [4.78, 5) is 11.9. The number of benzene rings is 1. The van der Waals surface area contributed by atoms with Crippen molar-refractivity contribution in [1.82, 2.24) is 5.32 Å². The minimum Gasteiger partial charge on any atom is -0.460 e. The van der Waals surface area contributed by atoms with E-state index in [1.165, 1.54) is 11.1 Å². The first kappa shape index (κ1) is 15.9. The van der Waals surface area contributed by atoms with Gasteiger partial charge in [-0.05, 0) is 42.6 Å². The van der Waals surface area contributed by atoms with Crippen LogP contribution in [-0.4, -0.2) is 46.1 Å². The number of carbonyl (C=O) groups is 1. The number of hydrogen-bond acceptors (Lipinski definition) is 5. The minimum atomic E-state index is -0.288. The van der Waals surface area contributed by atoms with Crippen LogP contribution >= 0.6 is 0 Å². The quantitative estimate of drug-likeness (QED) is 0.582. The molecule has 1 heterocycles. The van der Waals surface area contributed by atoms with Crippen molar-refractivity contribution < 1.29 is 19.0 Å². The third kappa shape index (κ3) is 5.12. The lowest BCUT2D eigenvalue weighted by Crippen LogP contribution is -2.24. The molecule has 0 fully saturated rings. The molecule has 5 nitrogen and oxygen atoms in total. The van der Waals surface area contributed by atoms with Crippen molar-refractivity contribution in [3.63, 3.8) is 0 Å². The highest BCUT2D eigenvalue weighted by atomic mass is 16.6. The fourth-order valence-electron chi connectivity index (χ4n) is 2.29. The van der Waals surface area contributed by atoms with E-state index in [0.29, 0.717) is 25.4 Å². The van der Waals surface area contributed by atoms with E-state index in [0.717, 1.165) is 25.9 Å². The summed E-state index contributed by atoms with van der Waals surface area (Å²) in [5.74, 6) is -0.288. The summed E-state index contributed by atoms with van der Waals surface area (Å²) in [6, 6.07) is 5.78. The van der Waals surface area contributed by atoms with Gasteiger partial charge in [-0.2, -0.15) is 0 Å². The van der Waals surface area contributed by atoms with Gasteiger partial charge in [0.1, 0.15) is 6.61 Å². The van der Waals surface area contributed by atoms with Crippen molar-refractivity contribution in [3.05, 3.63) is 34.9 Å². The van der Waals surface area contributed by atoms with E-state index in [4.69, 9.17) is 14.2 Å². The highest BCUT2D eigenvalue weighted by Gasteiger charge is 2.13. The summed E-state index contributed by atoms with van der Waals surface area (Å²) >= 11 is 0. The first-order chi connectivity index (χ1) is 10.3. The van der Waals surface area contributed by atoms with Gasteiger partial charge in [-0.15, -0.1) is 0 Å². The molecule has 5 heteroatoms. The van der Waals surface area contributed by atoms with Gasteiger partial charge in [0.15, 0.2) is 0 Å². The molecule has 0 saturated carbocycles. The number of ether oxygens (including phenoxy) is 3. The van der Waals surface area contributed by atoms with Gasteiger partial charge in [0.25, 0.3) is 0 Å². The van der Waals surface area contributed by atoms with Crippen molar-refractivity contribution in [2.24, 2.45) is 0 Å². The molecule has 0 amide bonds. The average Bonchev–Trinajstić information content (AvgIpc) is 2.53. The topological polar surface area (TPSA) is 56.8 Å². The zero-order valence-corrected chi connectivity index (χ0v) is 12.5. The Kier molecular flexibility index (Phi) is 6.66. The number of fused-ring (bicyclic) bond motifs is 1. The van der Waals surface area contributed by atoms with Crippen molar-refractivity contribution in [2.45, 2.75) is 19.4 Å². The molecule has 0 spiro atoms. The van der Waals surface area contributed by atoms with E-state index in [1.54, 1.807) is 7.11 Å². The predicted molar refractivity (Wildman–Crippen MR) is 79.4 cm³/mol. The first-order valence-electron chi connectivity index (χ1n) is 7.37. The Morgan fingerprint density at radius 2 is 2.10 bits per heavy atom. The van der Waals surface area contributed by atoms with Gasteiger partial charge in [0.2, 0.25) is 0 Å². The molecule has 21 heavy (non-hydrogen) atoms. The van der Waals surface area contributed by atoms with Crippen LogP contribution in [0, 0.1) is 0 Å². The normalized spacial score (nSPS) is 13.8. The van der Waals surface area contributed by atoms with Crippen molar-refractivity contribution in [2.75, 3.05) is 40.1 Å². The van der Waals surface area contributed by atoms with E-state index < -0.39 is 0 Å². The van der Waals surface area contributed by atoms with Crippen LogP contribution < -0.4 is 5.32 Å². The Bertz CT molecular complexity index is 462. The Morgan fingerprint density at radius 1 is 1.19 bits per heavy atom. The summed E-state index contributed by atoms with van der Waals surface area (Å²) in [6.45, 7) is 3.82. The highest BCUT2D eigenvalue weighted by molar-refractivity contribution is 5.89. The summed E-state index contributed by atoms with van der Waals surface area (Å²) in [5, 5.41) is 3.30. The van der Waals surface area contributed by atoms with Crippen LogP contribution in [0.3, 0.4) is 0 Å². The van der Waals surface area contributed by atoms with Crippen LogP contribution in [0.5, 0.6) is 0 Å². The monoisotopic (exact) mass is 293 g/mol. The Hall–Kier alpha value is -1.43. The van der Waals surface area contributed by atoms with Gasteiger partial charge >= 0.3 is 5.97 Å². The zero-order chi connectivity index (χ0) is 14.9. The van der Waals surface area contributed by atoms with Crippen molar-refractivity contribution in [1.29, 1.82) is 0 Å². The maximum atomic E-state index is 11.9. The Labute approximate surface area is 125 Å². The molecule has 0 atom stereocenters. The van der Waals surface area contributed by atoms with Crippen LogP contribution in [-0.2, 0) is 27.2 Å². The molecule has 1 aliphatic rings. The molecule has 116 valence electrons. The average molecular weight is 293 g/mol. The van der Waals surface area contributed by atoms with Crippen molar-refractivity contribution in [3.8, 4) is 0 Å². The molecular formula is C16H23NO4. The van der Waals surface area contributed by atoms with Gasteiger partial charge in [-0.3, -0.25) is 0 Å². The zero-order valence-electron chi connectivity index (χ0n) is 12.5. The summed E-state index contributed by atoms with van der Waals surface area (Å²) in [5.41, 5.74) is 3.11. The standard InChI is InChI=1S/C16H23NO4/c1-19-7-2-8-20-9-10-21-16(18)14-4-3-13-5-6-17-12-15(13)11-14/h3-4,11,17H,2,5-10,12H2,1H3. The second-order valence-corrected chi connectivity index (χ2v) is 5.00. The van der Waals surface area contributed by atoms with Gasteiger partial charge in [0, 0.05) is 26.9 Å². The van der Waals surface area contributed by atoms with Crippen LogP contribution in [0.2, 0.25) is 0 Å². The lowest BCUT2D eigenvalue weighted by atomic mass is 9.99. The lowest BCUT2D eigenvalue weighted by molar-refractivity contribution is 0.0288. The summed E-state index contributed by atoms with van der Waals surface area (Å²) in [6.07, 6.45) is 1.86. The number of carbonyl (C=O) groups excluding carboxylic acids is 1. The number of nitrogens with one attached hydrogen (secondary N) is 1. The van der Waals surface area contributed by atoms with E-state index in [2.05, 4.69) is 5.32 Å². The second kappa shape index (κ2) is 8.77. The van der Waals surface area contributed by atoms with E-state index in [9.17, 15) is 4.79 Å². The van der Waals surface area contributed by atoms with Crippen LogP contribution in [0.15, 0.2) is 18.2 Å². The molecule has 2 rings (SSSR count). The van der Waals surface area contributed by atoms with Gasteiger partial charge < -0.3 is 19.5 Å². The number of esters is 1.